The van der Waals surface area contributed by atoms with E-state index < -0.39 is 0 Å². The molecule has 3 aromatic rings. The lowest BCUT2D eigenvalue weighted by Gasteiger charge is -2.15. The maximum atomic E-state index is 12.7. The fourth-order valence-corrected chi connectivity index (χ4v) is 4.59. The van der Waals surface area contributed by atoms with Crippen LogP contribution in [0.2, 0.25) is 0 Å². The second-order valence-electron chi connectivity index (χ2n) is 8.81. The molecule has 4 heterocycles. The predicted octanol–water partition coefficient (Wildman–Crippen LogP) is 4.01. The molecule has 1 N–H and O–H groups in total. The molecule has 170 valence electrons. The average Bonchev–Trinajstić information content (AvgIpc) is 3.44. The summed E-state index contributed by atoms with van der Waals surface area (Å²) in [4.78, 5) is 39.4. The molecule has 7 heteroatoms. The van der Waals surface area contributed by atoms with E-state index in [4.69, 9.17) is 0 Å². The van der Waals surface area contributed by atoms with Crippen molar-refractivity contribution < 1.29 is 9.59 Å². The van der Waals surface area contributed by atoms with Gasteiger partial charge in [0.25, 0.3) is 5.91 Å². The summed E-state index contributed by atoms with van der Waals surface area (Å²) in [6.07, 6.45) is 15.2. The average molecular weight is 452 g/mol. The van der Waals surface area contributed by atoms with E-state index in [2.05, 4.69) is 26.3 Å². The Balaban J connectivity index is 1.16. The summed E-state index contributed by atoms with van der Waals surface area (Å²) in [6, 6.07) is 9.40. The van der Waals surface area contributed by atoms with Gasteiger partial charge in [-0.3, -0.25) is 19.6 Å². The number of hydrogen-bond donors (Lipinski definition) is 1. The van der Waals surface area contributed by atoms with E-state index in [9.17, 15) is 9.59 Å². The first kappa shape index (κ1) is 21.7. The van der Waals surface area contributed by atoms with Crippen LogP contribution in [-0.2, 0) is 4.79 Å². The van der Waals surface area contributed by atoms with E-state index in [0.29, 0.717) is 23.2 Å². The Kier molecular flexibility index (Phi) is 5.99. The molecule has 7 nitrogen and oxygen atoms in total. The van der Waals surface area contributed by atoms with Crippen LogP contribution in [0.3, 0.4) is 0 Å². The maximum Gasteiger partial charge on any atom is 0.258 e. The zero-order valence-electron chi connectivity index (χ0n) is 18.9. The summed E-state index contributed by atoms with van der Waals surface area (Å²) < 4.78 is 0. The number of fused-ring (bicyclic) bond motifs is 1. The van der Waals surface area contributed by atoms with Crippen molar-refractivity contribution in [1.82, 2.24) is 19.9 Å². The Bertz CT molecular complexity index is 1270. The van der Waals surface area contributed by atoms with Crippen LogP contribution in [0.4, 0.5) is 5.82 Å². The molecule has 1 fully saturated rings. The van der Waals surface area contributed by atoms with Crippen LogP contribution in [0.1, 0.15) is 33.5 Å². The van der Waals surface area contributed by atoms with Gasteiger partial charge in [0.15, 0.2) is 0 Å². The standard InChI is InChI=1S/C27H25N5O2/c1-18-10-22(15-29-13-18)27(34)31-25-4-2-19(14-30-25)3-5-26(33)32-16-23-11-21(12-24(23)17-32)20-6-8-28-9-7-20/h2-11,13-15,23-24H,12,16-17H2,1H3,(H,30,31,34)/b5-3+. The molecule has 2 atom stereocenters. The quantitative estimate of drug-likeness (QED) is 0.592. The summed E-state index contributed by atoms with van der Waals surface area (Å²) in [5, 5.41) is 2.76. The highest BCUT2D eigenvalue weighted by molar-refractivity contribution is 6.03. The highest BCUT2D eigenvalue weighted by Crippen LogP contribution is 2.40. The fourth-order valence-electron chi connectivity index (χ4n) is 4.59. The van der Waals surface area contributed by atoms with Gasteiger partial charge in [-0.1, -0.05) is 6.08 Å². The number of aryl methyl sites for hydroxylation is 1. The van der Waals surface area contributed by atoms with E-state index in [1.807, 2.05) is 42.4 Å². The van der Waals surface area contributed by atoms with Gasteiger partial charge in [-0.2, -0.15) is 0 Å². The predicted molar refractivity (Wildman–Crippen MR) is 131 cm³/mol. The monoisotopic (exact) mass is 451 g/mol. The largest absolute Gasteiger partial charge is 0.338 e. The van der Waals surface area contributed by atoms with Gasteiger partial charge in [0.1, 0.15) is 5.82 Å². The van der Waals surface area contributed by atoms with Gasteiger partial charge in [0.2, 0.25) is 5.91 Å². The van der Waals surface area contributed by atoms with Crippen LogP contribution in [0.5, 0.6) is 0 Å². The SMILES string of the molecule is Cc1cncc(C(=O)Nc2ccc(/C=C/C(=O)N3CC4C=C(c5ccncc5)CC4C3)cn2)c1. The minimum atomic E-state index is -0.261. The van der Waals surface area contributed by atoms with Crippen LogP contribution in [-0.4, -0.2) is 44.8 Å². The lowest BCUT2D eigenvalue weighted by atomic mass is 9.99. The molecular weight excluding hydrogens is 426 g/mol. The Morgan fingerprint density at radius 3 is 2.65 bits per heavy atom. The molecule has 0 saturated carbocycles. The first-order valence-electron chi connectivity index (χ1n) is 11.3. The Morgan fingerprint density at radius 1 is 1.06 bits per heavy atom. The molecular formula is C27H25N5O2. The number of nitrogens with zero attached hydrogens (tertiary/aromatic N) is 4. The third-order valence-corrected chi connectivity index (χ3v) is 6.34. The molecule has 2 unspecified atom stereocenters. The van der Waals surface area contributed by atoms with Crippen LogP contribution >= 0.6 is 0 Å². The van der Waals surface area contributed by atoms with Crippen molar-refractivity contribution in [3.8, 4) is 0 Å². The van der Waals surface area contributed by atoms with Crippen molar-refractivity contribution in [3.63, 3.8) is 0 Å². The van der Waals surface area contributed by atoms with Crippen LogP contribution < -0.4 is 5.32 Å². The van der Waals surface area contributed by atoms with E-state index in [1.165, 1.54) is 17.3 Å². The number of carbonyl (C=O) groups is 2. The lowest BCUT2D eigenvalue weighted by Crippen LogP contribution is -2.27. The molecule has 1 saturated heterocycles. The van der Waals surface area contributed by atoms with Crippen molar-refractivity contribution in [1.29, 1.82) is 0 Å². The molecule has 0 spiro atoms. The molecule has 1 aliphatic heterocycles. The molecule has 34 heavy (non-hydrogen) atoms. The van der Waals surface area contributed by atoms with Crippen molar-refractivity contribution in [2.75, 3.05) is 18.4 Å². The highest BCUT2D eigenvalue weighted by Gasteiger charge is 2.37. The lowest BCUT2D eigenvalue weighted by molar-refractivity contribution is -0.125. The minimum absolute atomic E-state index is 0.0117. The molecule has 0 bridgehead atoms. The van der Waals surface area contributed by atoms with Crippen molar-refractivity contribution in [3.05, 3.63) is 95.7 Å². The van der Waals surface area contributed by atoms with E-state index in [0.717, 1.165) is 30.6 Å². The molecule has 2 aliphatic rings. The number of pyridine rings is 3. The zero-order chi connectivity index (χ0) is 23.5. The third kappa shape index (κ3) is 4.78. The molecule has 5 rings (SSSR count). The Hall–Kier alpha value is -4.13. The van der Waals surface area contributed by atoms with Crippen LogP contribution in [0, 0.1) is 18.8 Å². The molecule has 2 amide bonds. The van der Waals surface area contributed by atoms with Crippen molar-refractivity contribution >= 4 is 29.3 Å². The second kappa shape index (κ2) is 9.39. The fraction of sp³-hybridized carbons (Fsp3) is 0.222. The van der Waals surface area contributed by atoms with Gasteiger partial charge in [-0.05, 0) is 83.9 Å². The summed E-state index contributed by atoms with van der Waals surface area (Å²) >= 11 is 0. The summed E-state index contributed by atoms with van der Waals surface area (Å²) in [5.41, 5.74) is 4.77. The number of anilines is 1. The normalized spacial score (nSPS) is 19.2. The van der Waals surface area contributed by atoms with Gasteiger partial charge in [0.05, 0.1) is 5.56 Å². The highest BCUT2D eigenvalue weighted by atomic mass is 16.2. The first-order chi connectivity index (χ1) is 16.5. The number of nitrogens with one attached hydrogen (secondary N) is 1. The maximum absolute atomic E-state index is 12.7. The zero-order valence-corrected chi connectivity index (χ0v) is 18.9. The first-order valence-corrected chi connectivity index (χ1v) is 11.3. The smallest absolute Gasteiger partial charge is 0.258 e. The van der Waals surface area contributed by atoms with Gasteiger partial charge in [-0.25, -0.2) is 4.98 Å². The van der Waals surface area contributed by atoms with Crippen LogP contribution in [0.15, 0.2) is 73.5 Å². The van der Waals surface area contributed by atoms with Gasteiger partial charge in [-0.15, -0.1) is 0 Å². The van der Waals surface area contributed by atoms with E-state index >= 15 is 0 Å². The molecule has 3 aromatic heterocycles. The van der Waals surface area contributed by atoms with Gasteiger partial charge < -0.3 is 10.2 Å². The van der Waals surface area contributed by atoms with E-state index in [1.54, 1.807) is 36.7 Å². The number of carbonyl (C=O) groups excluding carboxylic acids is 2. The number of aromatic nitrogens is 3. The summed E-state index contributed by atoms with van der Waals surface area (Å²) in [7, 11) is 0. The second-order valence-corrected chi connectivity index (χ2v) is 8.81. The van der Waals surface area contributed by atoms with Crippen molar-refractivity contribution in [2.24, 2.45) is 11.8 Å². The van der Waals surface area contributed by atoms with Gasteiger partial charge in [0, 0.05) is 50.1 Å². The van der Waals surface area contributed by atoms with Crippen LogP contribution in [0.25, 0.3) is 11.6 Å². The number of rotatable bonds is 5. The topological polar surface area (TPSA) is 88.1 Å². The van der Waals surface area contributed by atoms with Crippen molar-refractivity contribution in [2.45, 2.75) is 13.3 Å². The van der Waals surface area contributed by atoms with E-state index in [-0.39, 0.29) is 11.8 Å². The Morgan fingerprint density at radius 2 is 1.91 bits per heavy atom. The molecule has 0 radical (unpaired) electrons. The minimum Gasteiger partial charge on any atom is -0.338 e. The molecule has 0 aromatic carbocycles. The number of likely N-dealkylation sites (tertiary alicyclic amines) is 1. The number of allylic oxidation sites excluding steroid dienone is 1. The molecule has 1 aliphatic carbocycles. The Labute approximate surface area is 198 Å². The number of amides is 2. The summed E-state index contributed by atoms with van der Waals surface area (Å²) in [6.45, 7) is 3.41. The summed E-state index contributed by atoms with van der Waals surface area (Å²) in [5.74, 6) is 1.09. The number of hydrogen-bond acceptors (Lipinski definition) is 5. The third-order valence-electron chi connectivity index (χ3n) is 6.34. The van der Waals surface area contributed by atoms with Gasteiger partial charge >= 0.3 is 0 Å².